The minimum Gasteiger partial charge on any atom is -0.496 e. The number of nitrogens with two attached hydrogens (primary N) is 1. The molecule has 0 spiro atoms. The van der Waals surface area contributed by atoms with Gasteiger partial charge in [-0.3, -0.25) is 0 Å². The second-order valence-electron chi connectivity index (χ2n) is 2.77. The lowest BCUT2D eigenvalue weighted by atomic mass is 10.1. The molecule has 0 atom stereocenters. The summed E-state index contributed by atoms with van der Waals surface area (Å²) in [6, 6.07) is 6.51. The fourth-order valence-electron chi connectivity index (χ4n) is 1.17. The van der Waals surface area contributed by atoms with E-state index in [1.807, 2.05) is 6.07 Å². The van der Waals surface area contributed by atoms with Crippen molar-refractivity contribution in [3.8, 4) is 5.75 Å². The highest BCUT2D eigenvalue weighted by atomic mass is 35.5. The van der Waals surface area contributed by atoms with Gasteiger partial charge in [0.05, 0.1) is 7.11 Å². The summed E-state index contributed by atoms with van der Waals surface area (Å²) >= 11 is 5.81. The summed E-state index contributed by atoms with van der Waals surface area (Å²) in [5, 5.41) is 0.618. The Balaban J connectivity index is 2.81. The van der Waals surface area contributed by atoms with Crippen LogP contribution in [0.25, 0.3) is 0 Å². The molecule has 1 aromatic carbocycles. The SMILES string of the molecule is COc1c[c]c(Cl)cc1CCCN. The minimum absolute atomic E-state index is 0.618. The van der Waals surface area contributed by atoms with Crippen molar-refractivity contribution in [2.24, 2.45) is 5.73 Å². The van der Waals surface area contributed by atoms with Crippen molar-refractivity contribution in [1.82, 2.24) is 0 Å². The average molecular weight is 199 g/mol. The molecular formula is C10H13ClNO. The maximum atomic E-state index is 5.81. The number of aryl methyl sites for hydroxylation is 1. The van der Waals surface area contributed by atoms with Crippen LogP contribution in [0, 0.1) is 6.07 Å². The van der Waals surface area contributed by atoms with Gasteiger partial charge >= 0.3 is 0 Å². The summed E-state index contributed by atoms with van der Waals surface area (Å²) in [6.45, 7) is 0.680. The molecule has 13 heavy (non-hydrogen) atoms. The Morgan fingerprint density at radius 2 is 2.38 bits per heavy atom. The number of methoxy groups -OCH3 is 1. The van der Waals surface area contributed by atoms with Gasteiger partial charge in [0.15, 0.2) is 0 Å². The Hall–Kier alpha value is -0.730. The van der Waals surface area contributed by atoms with E-state index in [2.05, 4.69) is 6.07 Å². The van der Waals surface area contributed by atoms with Crippen LogP contribution in [-0.4, -0.2) is 13.7 Å². The summed E-state index contributed by atoms with van der Waals surface area (Å²) < 4.78 is 5.17. The summed E-state index contributed by atoms with van der Waals surface area (Å²) in [7, 11) is 1.64. The largest absolute Gasteiger partial charge is 0.496 e. The quantitative estimate of drug-likeness (QED) is 0.804. The maximum Gasteiger partial charge on any atom is 0.122 e. The average Bonchev–Trinajstić information content (AvgIpc) is 2.15. The molecule has 0 aliphatic rings. The molecule has 1 aromatic rings. The van der Waals surface area contributed by atoms with Crippen LogP contribution >= 0.6 is 11.6 Å². The van der Waals surface area contributed by atoms with E-state index in [1.165, 1.54) is 0 Å². The van der Waals surface area contributed by atoms with E-state index in [-0.39, 0.29) is 0 Å². The van der Waals surface area contributed by atoms with E-state index in [4.69, 9.17) is 22.1 Å². The minimum atomic E-state index is 0.618. The normalized spacial score (nSPS) is 10.1. The molecule has 0 fully saturated rings. The number of benzene rings is 1. The summed E-state index contributed by atoms with van der Waals surface area (Å²) in [6.07, 6.45) is 1.84. The first-order valence-electron chi connectivity index (χ1n) is 4.22. The number of hydrogen-bond acceptors (Lipinski definition) is 2. The smallest absolute Gasteiger partial charge is 0.122 e. The van der Waals surface area contributed by atoms with Crippen LogP contribution in [-0.2, 0) is 6.42 Å². The van der Waals surface area contributed by atoms with Gasteiger partial charge in [0.2, 0.25) is 0 Å². The molecule has 2 N–H and O–H groups in total. The van der Waals surface area contributed by atoms with E-state index >= 15 is 0 Å². The zero-order valence-corrected chi connectivity index (χ0v) is 8.40. The highest BCUT2D eigenvalue weighted by Gasteiger charge is 2.02. The first kappa shape index (κ1) is 10.4. The van der Waals surface area contributed by atoms with E-state index in [1.54, 1.807) is 13.2 Å². The lowest BCUT2D eigenvalue weighted by molar-refractivity contribution is 0.409. The number of hydrogen-bond donors (Lipinski definition) is 1. The van der Waals surface area contributed by atoms with Gasteiger partial charge in [0.25, 0.3) is 0 Å². The lowest BCUT2D eigenvalue weighted by Gasteiger charge is -2.07. The third-order valence-corrected chi connectivity index (χ3v) is 2.05. The Kier molecular flexibility index (Phi) is 4.06. The third-order valence-electron chi connectivity index (χ3n) is 1.83. The molecule has 0 saturated carbocycles. The molecule has 1 radical (unpaired) electrons. The zero-order chi connectivity index (χ0) is 9.68. The van der Waals surface area contributed by atoms with Crippen molar-refractivity contribution in [3.63, 3.8) is 0 Å². The molecule has 0 heterocycles. The second-order valence-corrected chi connectivity index (χ2v) is 3.17. The van der Waals surface area contributed by atoms with Gasteiger partial charge in [0, 0.05) is 11.1 Å². The molecule has 71 valence electrons. The molecule has 0 unspecified atom stereocenters. The van der Waals surface area contributed by atoms with Gasteiger partial charge in [-0.15, -0.1) is 0 Å². The lowest BCUT2D eigenvalue weighted by Crippen LogP contribution is -2.01. The third kappa shape index (κ3) is 2.90. The molecule has 3 heteroatoms. The van der Waals surface area contributed by atoms with Crippen LogP contribution in [0.2, 0.25) is 5.02 Å². The predicted molar refractivity (Wildman–Crippen MR) is 54.2 cm³/mol. The first-order valence-corrected chi connectivity index (χ1v) is 4.60. The van der Waals surface area contributed by atoms with Crippen molar-refractivity contribution in [2.45, 2.75) is 12.8 Å². The Labute approximate surface area is 83.6 Å². The van der Waals surface area contributed by atoms with Gasteiger partial charge < -0.3 is 10.5 Å². The highest BCUT2D eigenvalue weighted by Crippen LogP contribution is 2.22. The molecule has 0 bridgehead atoms. The molecule has 0 aliphatic heterocycles. The second kappa shape index (κ2) is 5.10. The summed E-state index contributed by atoms with van der Waals surface area (Å²) in [5.41, 5.74) is 6.52. The van der Waals surface area contributed by atoms with E-state index in [0.29, 0.717) is 11.6 Å². The molecule has 0 aromatic heterocycles. The van der Waals surface area contributed by atoms with Gasteiger partial charge in [-0.25, -0.2) is 0 Å². The van der Waals surface area contributed by atoms with Gasteiger partial charge in [-0.2, -0.15) is 0 Å². The molecule has 0 saturated heterocycles. The van der Waals surface area contributed by atoms with Gasteiger partial charge in [-0.1, -0.05) is 11.6 Å². The summed E-state index contributed by atoms with van der Waals surface area (Å²) in [4.78, 5) is 0. The number of ether oxygens (including phenoxy) is 1. The fourth-order valence-corrected chi connectivity index (χ4v) is 1.36. The topological polar surface area (TPSA) is 35.2 Å². The Bertz CT molecular complexity index is 276. The van der Waals surface area contributed by atoms with Crippen LogP contribution in [0.3, 0.4) is 0 Å². The van der Waals surface area contributed by atoms with E-state index in [0.717, 1.165) is 24.2 Å². The van der Waals surface area contributed by atoms with Crippen molar-refractivity contribution < 1.29 is 4.74 Å². The van der Waals surface area contributed by atoms with Crippen molar-refractivity contribution in [2.75, 3.05) is 13.7 Å². The predicted octanol–water partition coefficient (Wildman–Crippen LogP) is 2.04. The van der Waals surface area contributed by atoms with E-state index in [9.17, 15) is 0 Å². The van der Waals surface area contributed by atoms with Crippen LogP contribution in [0.15, 0.2) is 12.1 Å². The molecule has 2 nitrogen and oxygen atoms in total. The van der Waals surface area contributed by atoms with Crippen molar-refractivity contribution >= 4 is 11.6 Å². The van der Waals surface area contributed by atoms with Gasteiger partial charge in [0.1, 0.15) is 5.75 Å². The Morgan fingerprint density at radius 3 is 3.00 bits per heavy atom. The fraction of sp³-hybridized carbons (Fsp3) is 0.400. The molecule has 1 rings (SSSR count). The molecular weight excluding hydrogens is 186 g/mol. The Morgan fingerprint density at radius 1 is 1.62 bits per heavy atom. The monoisotopic (exact) mass is 198 g/mol. The van der Waals surface area contributed by atoms with Crippen LogP contribution in [0.1, 0.15) is 12.0 Å². The summed E-state index contributed by atoms with van der Waals surface area (Å²) in [5.74, 6) is 0.831. The first-order chi connectivity index (χ1) is 6.27. The van der Waals surface area contributed by atoms with Crippen LogP contribution in [0.4, 0.5) is 0 Å². The standard InChI is InChI=1S/C10H13ClNO/c1-13-10-5-4-9(11)7-8(10)3-2-6-12/h5,7H,2-3,6,12H2,1H3. The van der Waals surface area contributed by atoms with E-state index < -0.39 is 0 Å². The highest BCUT2D eigenvalue weighted by molar-refractivity contribution is 6.30. The number of rotatable bonds is 4. The molecule has 0 aliphatic carbocycles. The van der Waals surface area contributed by atoms with Gasteiger partial charge in [-0.05, 0) is 37.1 Å². The van der Waals surface area contributed by atoms with Crippen molar-refractivity contribution in [3.05, 3.63) is 28.8 Å². The van der Waals surface area contributed by atoms with Crippen molar-refractivity contribution in [1.29, 1.82) is 0 Å². The maximum absolute atomic E-state index is 5.81. The number of halogens is 1. The zero-order valence-electron chi connectivity index (χ0n) is 7.64. The van der Waals surface area contributed by atoms with Crippen LogP contribution < -0.4 is 10.5 Å². The molecule has 0 amide bonds. The van der Waals surface area contributed by atoms with Crippen LogP contribution in [0.5, 0.6) is 5.75 Å².